The number of nitrogens with one attached hydrogen (secondary N) is 1. The molecule has 0 heterocycles. The zero-order valence-corrected chi connectivity index (χ0v) is 12.3. The van der Waals surface area contributed by atoms with E-state index in [0.717, 1.165) is 12.1 Å². The number of halogens is 3. The summed E-state index contributed by atoms with van der Waals surface area (Å²) in [5.41, 5.74) is -0.567. The highest BCUT2D eigenvalue weighted by Crippen LogP contribution is 2.25. The minimum Gasteiger partial charge on any atom is -0.340 e. The fourth-order valence-corrected chi connectivity index (χ4v) is 2.16. The Morgan fingerprint density at radius 3 is 2.25 bits per heavy atom. The van der Waals surface area contributed by atoms with Crippen LogP contribution in [0.25, 0.3) is 0 Å². The van der Waals surface area contributed by atoms with E-state index in [1.54, 1.807) is 18.2 Å². The van der Waals surface area contributed by atoms with Gasteiger partial charge in [0.15, 0.2) is 0 Å². The van der Waals surface area contributed by atoms with Crippen molar-refractivity contribution in [3.63, 3.8) is 0 Å². The molecular formula is C16H13F3N2O3. The second kappa shape index (κ2) is 7.12. The Morgan fingerprint density at radius 2 is 1.67 bits per heavy atom. The van der Waals surface area contributed by atoms with E-state index >= 15 is 0 Å². The van der Waals surface area contributed by atoms with Gasteiger partial charge in [0.2, 0.25) is 0 Å². The zero-order valence-electron chi connectivity index (χ0n) is 12.3. The van der Waals surface area contributed by atoms with Crippen molar-refractivity contribution < 1.29 is 22.9 Å². The maximum atomic E-state index is 13.2. The maximum absolute atomic E-state index is 13.2. The van der Waals surface area contributed by atoms with Gasteiger partial charge in [-0.1, -0.05) is 42.5 Å². The molecule has 0 aliphatic rings. The van der Waals surface area contributed by atoms with Crippen LogP contribution in [0.4, 0.5) is 18.9 Å². The van der Waals surface area contributed by atoms with E-state index in [2.05, 4.69) is 0 Å². The van der Waals surface area contributed by atoms with Crippen molar-refractivity contribution in [2.45, 2.75) is 18.6 Å². The molecule has 0 unspecified atom stereocenters. The third kappa shape index (κ3) is 4.31. The number of hydrogen-bond donors (Lipinski definition) is 1. The van der Waals surface area contributed by atoms with Crippen molar-refractivity contribution in [3.8, 4) is 0 Å². The van der Waals surface area contributed by atoms with Crippen LogP contribution >= 0.6 is 0 Å². The van der Waals surface area contributed by atoms with E-state index in [9.17, 15) is 28.1 Å². The lowest BCUT2D eigenvalue weighted by Gasteiger charge is -2.21. The molecule has 0 spiro atoms. The lowest BCUT2D eigenvalue weighted by molar-refractivity contribution is -0.385. The smallest absolute Gasteiger partial charge is 0.340 e. The molecule has 126 valence electrons. The molecule has 2 aromatic carbocycles. The number of nitro groups is 1. The number of benzene rings is 2. The van der Waals surface area contributed by atoms with Crippen LogP contribution in [0, 0.1) is 10.1 Å². The predicted molar refractivity (Wildman–Crippen MR) is 80.6 cm³/mol. The summed E-state index contributed by atoms with van der Waals surface area (Å²) in [4.78, 5) is 22.2. The molecule has 1 amide bonds. The second-order valence-electron chi connectivity index (χ2n) is 5.03. The Bertz CT molecular complexity index is 733. The number of nitro benzene ring substituents is 1. The molecule has 0 aliphatic carbocycles. The molecule has 5 nitrogen and oxygen atoms in total. The van der Waals surface area contributed by atoms with Crippen molar-refractivity contribution in [3.05, 3.63) is 75.8 Å². The normalized spacial score (nSPS) is 12.5. The first-order valence-electron chi connectivity index (χ1n) is 6.94. The molecule has 0 fully saturated rings. The number of alkyl halides is 3. The molecule has 2 rings (SSSR count). The van der Waals surface area contributed by atoms with Crippen LogP contribution in [0.3, 0.4) is 0 Å². The third-order valence-electron chi connectivity index (χ3n) is 3.33. The molecule has 0 saturated heterocycles. The van der Waals surface area contributed by atoms with Crippen molar-refractivity contribution in [1.82, 2.24) is 5.32 Å². The van der Waals surface area contributed by atoms with Crippen LogP contribution in [0.5, 0.6) is 0 Å². The summed E-state index contributed by atoms with van der Waals surface area (Å²) in [5, 5.41) is 12.8. The Kier molecular flexibility index (Phi) is 5.18. The fraction of sp³-hybridized carbons (Fsp3) is 0.188. The van der Waals surface area contributed by atoms with Gasteiger partial charge < -0.3 is 5.32 Å². The lowest BCUT2D eigenvalue weighted by Crippen LogP contribution is -2.47. The molecule has 0 saturated carbocycles. The molecule has 0 aliphatic heterocycles. The third-order valence-corrected chi connectivity index (χ3v) is 3.33. The summed E-state index contributed by atoms with van der Waals surface area (Å²) in [6.45, 7) is 0. The van der Waals surface area contributed by atoms with E-state index in [1.165, 1.54) is 24.3 Å². The first-order chi connectivity index (χ1) is 11.3. The molecule has 24 heavy (non-hydrogen) atoms. The highest BCUT2D eigenvalue weighted by molar-refractivity contribution is 5.98. The lowest BCUT2D eigenvalue weighted by atomic mass is 10.0. The van der Waals surface area contributed by atoms with Gasteiger partial charge in [-0.05, 0) is 11.6 Å². The van der Waals surface area contributed by atoms with E-state index in [4.69, 9.17) is 0 Å². The van der Waals surface area contributed by atoms with Gasteiger partial charge in [-0.2, -0.15) is 13.2 Å². The van der Waals surface area contributed by atoms with E-state index < -0.39 is 40.7 Å². The van der Waals surface area contributed by atoms with Crippen molar-refractivity contribution >= 4 is 11.6 Å². The summed E-state index contributed by atoms with van der Waals surface area (Å²) in [6.07, 6.45) is -5.15. The molecule has 1 N–H and O–H groups in total. The van der Waals surface area contributed by atoms with E-state index in [1.807, 2.05) is 5.32 Å². The monoisotopic (exact) mass is 338 g/mol. The number of carbonyl (C=O) groups is 1. The van der Waals surface area contributed by atoms with Gasteiger partial charge in [0.05, 0.1) is 4.92 Å². The number of rotatable bonds is 5. The average Bonchev–Trinajstić information content (AvgIpc) is 2.54. The Labute approximate surface area is 135 Å². The van der Waals surface area contributed by atoms with Gasteiger partial charge in [0.25, 0.3) is 11.6 Å². The molecule has 2 aromatic rings. The van der Waals surface area contributed by atoms with Crippen LogP contribution in [0.15, 0.2) is 54.6 Å². The molecular weight excluding hydrogens is 325 g/mol. The molecule has 0 bridgehead atoms. The highest BCUT2D eigenvalue weighted by atomic mass is 19.4. The van der Waals surface area contributed by atoms with E-state index in [-0.39, 0.29) is 0 Å². The van der Waals surface area contributed by atoms with E-state index in [0.29, 0.717) is 5.56 Å². The predicted octanol–water partition coefficient (Wildman–Crippen LogP) is 3.50. The van der Waals surface area contributed by atoms with Gasteiger partial charge in [-0.3, -0.25) is 14.9 Å². The Morgan fingerprint density at radius 1 is 1.08 bits per heavy atom. The standard InChI is InChI=1S/C16H13F3N2O3/c17-16(18,19)14(10-11-6-2-1-3-7-11)20-15(22)12-8-4-5-9-13(12)21(23)24/h1-9,14H,10H2,(H,20,22)/t14-/m1/s1. The Balaban J connectivity index is 2.24. The van der Waals surface area contributed by atoms with Gasteiger partial charge in [-0.15, -0.1) is 0 Å². The van der Waals surface area contributed by atoms with Crippen LogP contribution < -0.4 is 5.32 Å². The minimum atomic E-state index is -4.69. The zero-order chi connectivity index (χ0) is 17.7. The number of hydrogen-bond acceptors (Lipinski definition) is 3. The summed E-state index contributed by atoms with van der Waals surface area (Å²) in [7, 11) is 0. The molecule has 0 aromatic heterocycles. The minimum absolute atomic E-state index is 0.391. The summed E-state index contributed by atoms with van der Waals surface area (Å²) in [5.74, 6) is -1.14. The first-order valence-corrected chi connectivity index (χ1v) is 6.94. The quantitative estimate of drug-likeness (QED) is 0.670. The summed E-state index contributed by atoms with van der Waals surface area (Å²) in [6, 6.07) is 10.6. The largest absolute Gasteiger partial charge is 0.408 e. The number of carbonyl (C=O) groups excluding carboxylic acids is 1. The summed E-state index contributed by atoms with van der Waals surface area (Å²) < 4.78 is 39.6. The molecule has 1 atom stereocenters. The molecule has 0 radical (unpaired) electrons. The SMILES string of the molecule is O=C(N[C@H](Cc1ccccc1)C(F)(F)F)c1ccccc1[N+](=O)[O-]. The first kappa shape index (κ1) is 17.5. The second-order valence-corrected chi connectivity index (χ2v) is 5.03. The number of amides is 1. The van der Waals surface area contributed by atoms with Crippen LogP contribution in [0.2, 0.25) is 0 Å². The topological polar surface area (TPSA) is 72.2 Å². The fourth-order valence-electron chi connectivity index (χ4n) is 2.16. The van der Waals surface area contributed by atoms with Crippen molar-refractivity contribution in [2.75, 3.05) is 0 Å². The van der Waals surface area contributed by atoms with Crippen LogP contribution in [-0.4, -0.2) is 23.0 Å². The van der Waals surface area contributed by atoms with Crippen molar-refractivity contribution in [1.29, 1.82) is 0 Å². The number of nitrogens with zero attached hydrogens (tertiary/aromatic N) is 1. The average molecular weight is 338 g/mol. The van der Waals surface area contributed by atoms with Crippen LogP contribution in [0.1, 0.15) is 15.9 Å². The number of para-hydroxylation sites is 1. The summed E-state index contributed by atoms with van der Waals surface area (Å²) >= 11 is 0. The highest BCUT2D eigenvalue weighted by Gasteiger charge is 2.41. The molecule has 8 heteroatoms. The van der Waals surface area contributed by atoms with Gasteiger partial charge in [0, 0.05) is 12.5 Å². The maximum Gasteiger partial charge on any atom is 0.408 e. The van der Waals surface area contributed by atoms with Crippen LogP contribution in [-0.2, 0) is 6.42 Å². The van der Waals surface area contributed by atoms with Gasteiger partial charge >= 0.3 is 6.18 Å². The van der Waals surface area contributed by atoms with Crippen molar-refractivity contribution in [2.24, 2.45) is 0 Å². The van der Waals surface area contributed by atoms with Gasteiger partial charge in [-0.25, -0.2) is 0 Å². The Hall–Kier alpha value is -2.90. The van der Waals surface area contributed by atoms with Gasteiger partial charge in [0.1, 0.15) is 11.6 Å².